The highest BCUT2D eigenvalue weighted by atomic mass is 32.1. The topological polar surface area (TPSA) is 84.2 Å². The van der Waals surface area contributed by atoms with Crippen LogP contribution in [0.4, 0.5) is 5.69 Å². The zero-order valence-electron chi connectivity index (χ0n) is 15.7. The molecule has 2 amide bonds. The van der Waals surface area contributed by atoms with Crippen LogP contribution in [0.3, 0.4) is 0 Å². The van der Waals surface area contributed by atoms with E-state index in [9.17, 15) is 9.59 Å². The fourth-order valence-electron chi connectivity index (χ4n) is 3.04. The van der Waals surface area contributed by atoms with E-state index in [4.69, 9.17) is 4.42 Å². The van der Waals surface area contributed by atoms with E-state index < -0.39 is 11.9 Å². The molecule has 0 aliphatic carbocycles. The van der Waals surface area contributed by atoms with Crippen LogP contribution in [0.15, 0.2) is 71.3 Å². The fraction of sp³-hybridized carbons (Fsp3) is 0.136. The summed E-state index contributed by atoms with van der Waals surface area (Å²) in [4.78, 5) is 29.9. The van der Waals surface area contributed by atoms with Crippen molar-refractivity contribution in [3.63, 3.8) is 0 Å². The number of nitrogens with zero attached hydrogens (tertiary/aromatic N) is 1. The zero-order chi connectivity index (χ0) is 20.2. The molecule has 0 bridgehead atoms. The molecule has 2 aromatic heterocycles. The van der Waals surface area contributed by atoms with Gasteiger partial charge in [-0.25, -0.2) is 4.98 Å². The van der Waals surface area contributed by atoms with Crippen molar-refractivity contribution in [1.82, 2.24) is 10.3 Å². The Bertz CT molecular complexity index is 1140. The molecule has 1 unspecified atom stereocenters. The third kappa shape index (κ3) is 4.52. The van der Waals surface area contributed by atoms with E-state index in [-0.39, 0.29) is 11.7 Å². The summed E-state index contributed by atoms with van der Waals surface area (Å²) >= 11 is 1.57. The second kappa shape index (κ2) is 8.28. The molecule has 2 N–H and O–H groups in total. The van der Waals surface area contributed by atoms with Crippen molar-refractivity contribution < 1.29 is 14.0 Å². The number of hydrogen-bond acceptors (Lipinski definition) is 5. The second-order valence-electron chi connectivity index (χ2n) is 6.60. The summed E-state index contributed by atoms with van der Waals surface area (Å²) in [5.74, 6) is -0.564. The number of aryl methyl sites for hydroxylation is 1. The summed E-state index contributed by atoms with van der Waals surface area (Å²) in [6.45, 7) is 1.95. The molecule has 2 aromatic carbocycles. The SMILES string of the molecule is Cc1nc2ccc(NC(=O)C(Cc3ccccc3)NC(=O)c3ccco3)cc2s1. The van der Waals surface area contributed by atoms with E-state index >= 15 is 0 Å². The number of carbonyl (C=O) groups excluding carboxylic acids is 2. The number of carbonyl (C=O) groups is 2. The maximum atomic E-state index is 13.0. The van der Waals surface area contributed by atoms with E-state index in [1.54, 1.807) is 23.5 Å². The number of nitrogens with one attached hydrogen (secondary N) is 2. The van der Waals surface area contributed by atoms with Crippen molar-refractivity contribution in [3.05, 3.63) is 83.3 Å². The van der Waals surface area contributed by atoms with Gasteiger partial charge in [-0.2, -0.15) is 0 Å². The molecule has 0 saturated carbocycles. The molecule has 2 heterocycles. The normalized spacial score (nSPS) is 11.9. The largest absolute Gasteiger partial charge is 0.459 e. The molecule has 0 aliphatic heterocycles. The third-order valence-corrected chi connectivity index (χ3v) is 5.35. The lowest BCUT2D eigenvalue weighted by atomic mass is 10.0. The van der Waals surface area contributed by atoms with Crippen molar-refractivity contribution in [2.24, 2.45) is 0 Å². The maximum Gasteiger partial charge on any atom is 0.287 e. The Morgan fingerprint density at radius 1 is 1.10 bits per heavy atom. The van der Waals surface area contributed by atoms with Crippen LogP contribution < -0.4 is 10.6 Å². The highest BCUT2D eigenvalue weighted by Gasteiger charge is 2.23. The lowest BCUT2D eigenvalue weighted by molar-refractivity contribution is -0.118. The minimum atomic E-state index is -0.756. The molecule has 6 nitrogen and oxygen atoms in total. The van der Waals surface area contributed by atoms with Gasteiger partial charge in [0.15, 0.2) is 5.76 Å². The summed E-state index contributed by atoms with van der Waals surface area (Å²) in [6, 6.07) is 17.6. The molecule has 1 atom stereocenters. The van der Waals surface area contributed by atoms with Gasteiger partial charge in [-0.1, -0.05) is 30.3 Å². The molecule has 4 aromatic rings. The van der Waals surface area contributed by atoms with Crippen LogP contribution >= 0.6 is 11.3 Å². The average molecular weight is 405 g/mol. The molecule has 146 valence electrons. The summed E-state index contributed by atoms with van der Waals surface area (Å²) < 4.78 is 6.15. The third-order valence-electron chi connectivity index (χ3n) is 4.41. The Kier molecular flexibility index (Phi) is 5.39. The molecular weight excluding hydrogens is 386 g/mol. The lowest BCUT2D eigenvalue weighted by Gasteiger charge is -2.18. The van der Waals surface area contributed by atoms with E-state index in [1.807, 2.05) is 55.5 Å². The predicted molar refractivity (Wildman–Crippen MR) is 113 cm³/mol. The summed E-state index contributed by atoms with van der Waals surface area (Å²) in [5, 5.41) is 6.65. The molecule has 4 rings (SSSR count). The maximum absolute atomic E-state index is 13.0. The number of thiazole rings is 1. The monoisotopic (exact) mass is 405 g/mol. The Morgan fingerprint density at radius 3 is 2.69 bits per heavy atom. The van der Waals surface area contributed by atoms with Crippen molar-refractivity contribution in [2.75, 3.05) is 5.32 Å². The minimum absolute atomic E-state index is 0.164. The van der Waals surface area contributed by atoms with Gasteiger partial charge >= 0.3 is 0 Å². The van der Waals surface area contributed by atoms with Gasteiger partial charge in [0.25, 0.3) is 5.91 Å². The van der Waals surface area contributed by atoms with E-state index in [2.05, 4.69) is 15.6 Å². The van der Waals surface area contributed by atoms with Gasteiger partial charge in [-0.05, 0) is 42.8 Å². The van der Waals surface area contributed by atoms with Gasteiger partial charge in [-0.15, -0.1) is 11.3 Å². The predicted octanol–water partition coefficient (Wildman–Crippen LogP) is 4.18. The van der Waals surface area contributed by atoms with E-state index in [1.165, 1.54) is 6.26 Å². The molecule has 0 radical (unpaired) electrons. The number of hydrogen-bond donors (Lipinski definition) is 2. The number of benzene rings is 2. The summed E-state index contributed by atoms with van der Waals surface area (Å²) in [6.07, 6.45) is 1.79. The van der Waals surface area contributed by atoms with Crippen molar-refractivity contribution in [3.8, 4) is 0 Å². The molecule has 0 saturated heterocycles. The number of fused-ring (bicyclic) bond motifs is 1. The first-order valence-electron chi connectivity index (χ1n) is 9.15. The smallest absolute Gasteiger partial charge is 0.287 e. The van der Waals surface area contributed by atoms with Gasteiger partial charge in [-0.3, -0.25) is 9.59 Å². The van der Waals surface area contributed by atoms with Crippen LogP contribution in [0.1, 0.15) is 21.1 Å². The Morgan fingerprint density at radius 2 is 1.93 bits per heavy atom. The Balaban J connectivity index is 1.54. The fourth-order valence-corrected chi connectivity index (χ4v) is 3.91. The van der Waals surface area contributed by atoms with Gasteiger partial charge < -0.3 is 15.1 Å². The van der Waals surface area contributed by atoms with Crippen LogP contribution in [0, 0.1) is 6.92 Å². The number of rotatable bonds is 6. The van der Waals surface area contributed by atoms with E-state index in [0.29, 0.717) is 12.1 Å². The molecule has 7 heteroatoms. The molecule has 0 aliphatic rings. The quantitative estimate of drug-likeness (QED) is 0.504. The first-order chi connectivity index (χ1) is 14.1. The van der Waals surface area contributed by atoms with Gasteiger partial charge in [0.1, 0.15) is 6.04 Å². The zero-order valence-corrected chi connectivity index (χ0v) is 16.5. The Labute approximate surface area is 171 Å². The highest BCUT2D eigenvalue weighted by molar-refractivity contribution is 7.18. The van der Waals surface area contributed by atoms with Gasteiger partial charge in [0.2, 0.25) is 5.91 Å². The van der Waals surface area contributed by atoms with Crippen molar-refractivity contribution in [2.45, 2.75) is 19.4 Å². The van der Waals surface area contributed by atoms with E-state index in [0.717, 1.165) is 20.8 Å². The molecule has 0 fully saturated rings. The van der Waals surface area contributed by atoms with Crippen LogP contribution in [0.25, 0.3) is 10.2 Å². The lowest BCUT2D eigenvalue weighted by Crippen LogP contribution is -2.45. The number of furan rings is 1. The van der Waals surface area contributed by atoms with Crippen LogP contribution in [-0.4, -0.2) is 22.8 Å². The number of aromatic nitrogens is 1. The van der Waals surface area contributed by atoms with Crippen LogP contribution in [-0.2, 0) is 11.2 Å². The summed E-state index contributed by atoms with van der Waals surface area (Å²) in [5.41, 5.74) is 2.51. The first kappa shape index (κ1) is 18.9. The van der Waals surface area contributed by atoms with Crippen LogP contribution in [0.2, 0.25) is 0 Å². The highest BCUT2D eigenvalue weighted by Crippen LogP contribution is 2.25. The molecule has 29 heavy (non-hydrogen) atoms. The van der Waals surface area contributed by atoms with Crippen molar-refractivity contribution >= 4 is 39.1 Å². The number of amides is 2. The molecular formula is C22H19N3O3S. The van der Waals surface area contributed by atoms with Crippen LogP contribution in [0.5, 0.6) is 0 Å². The van der Waals surface area contributed by atoms with Gasteiger partial charge in [0, 0.05) is 12.1 Å². The van der Waals surface area contributed by atoms with Crippen molar-refractivity contribution in [1.29, 1.82) is 0 Å². The van der Waals surface area contributed by atoms with Gasteiger partial charge in [0.05, 0.1) is 21.5 Å². The molecule has 0 spiro atoms. The summed E-state index contributed by atoms with van der Waals surface area (Å²) in [7, 11) is 0. The first-order valence-corrected chi connectivity index (χ1v) is 9.96. The standard InChI is InChI=1S/C22H19N3O3S/c1-14-23-17-10-9-16(13-20(17)29-14)24-21(26)18(12-15-6-3-2-4-7-15)25-22(27)19-8-5-11-28-19/h2-11,13,18H,12H2,1H3,(H,24,26)(H,25,27). The average Bonchev–Trinajstić information content (AvgIpc) is 3.37. The Hall–Kier alpha value is -3.45. The number of anilines is 1. The minimum Gasteiger partial charge on any atom is -0.459 e. The second-order valence-corrected chi connectivity index (χ2v) is 7.83.